The van der Waals surface area contributed by atoms with Crippen molar-refractivity contribution in [2.24, 2.45) is 5.92 Å². The predicted octanol–water partition coefficient (Wildman–Crippen LogP) is 2.45. The molecule has 1 aliphatic heterocycles. The molecule has 0 N–H and O–H groups in total. The number of carbonyl (C=O) groups is 2. The van der Waals surface area contributed by atoms with Gasteiger partial charge in [0.05, 0.1) is 12.1 Å². The molecule has 0 saturated carbocycles. The Morgan fingerprint density at radius 1 is 1.15 bits per heavy atom. The standard InChI is InChI=1S/C19H26N4O3/c1-4-26-19(25)22-11-9-21(10-12-22)18(24)17-15-7-5-6-8-23(15)16(20-17)13-14(2)3/h5-8,14H,4,9-13H2,1-3H3. The van der Waals surface area contributed by atoms with Crippen LogP contribution < -0.4 is 0 Å². The maximum Gasteiger partial charge on any atom is 0.409 e. The number of amides is 2. The number of pyridine rings is 1. The van der Waals surface area contributed by atoms with Crippen molar-refractivity contribution >= 4 is 17.5 Å². The number of ether oxygens (including phenoxy) is 1. The van der Waals surface area contributed by atoms with E-state index in [-0.39, 0.29) is 12.0 Å². The quantitative estimate of drug-likeness (QED) is 0.842. The van der Waals surface area contributed by atoms with Crippen molar-refractivity contribution in [1.29, 1.82) is 0 Å². The molecule has 140 valence electrons. The second-order valence-electron chi connectivity index (χ2n) is 6.91. The highest BCUT2D eigenvalue weighted by atomic mass is 16.6. The summed E-state index contributed by atoms with van der Waals surface area (Å²) in [6, 6.07) is 5.80. The summed E-state index contributed by atoms with van der Waals surface area (Å²) in [6.07, 6.45) is 2.45. The van der Waals surface area contributed by atoms with Crippen LogP contribution in [-0.4, -0.2) is 64.0 Å². The van der Waals surface area contributed by atoms with Crippen LogP contribution in [0.5, 0.6) is 0 Å². The van der Waals surface area contributed by atoms with Gasteiger partial charge in [-0.25, -0.2) is 9.78 Å². The van der Waals surface area contributed by atoms with Crippen LogP contribution in [-0.2, 0) is 11.2 Å². The average molecular weight is 358 g/mol. The van der Waals surface area contributed by atoms with Gasteiger partial charge in [0.1, 0.15) is 5.82 Å². The van der Waals surface area contributed by atoms with Crippen molar-refractivity contribution < 1.29 is 14.3 Å². The van der Waals surface area contributed by atoms with Gasteiger partial charge in [-0.3, -0.25) is 4.79 Å². The van der Waals surface area contributed by atoms with Crippen molar-refractivity contribution in [3.05, 3.63) is 35.9 Å². The normalized spacial score (nSPS) is 14.9. The van der Waals surface area contributed by atoms with E-state index in [4.69, 9.17) is 4.74 Å². The highest BCUT2D eigenvalue weighted by Gasteiger charge is 2.28. The van der Waals surface area contributed by atoms with Gasteiger partial charge in [0, 0.05) is 38.8 Å². The molecule has 1 aliphatic rings. The number of carbonyl (C=O) groups excluding carboxylic acids is 2. The first-order chi connectivity index (χ1) is 12.5. The molecule has 3 rings (SSSR count). The van der Waals surface area contributed by atoms with Gasteiger partial charge in [-0.2, -0.15) is 0 Å². The van der Waals surface area contributed by atoms with Gasteiger partial charge in [-0.15, -0.1) is 0 Å². The summed E-state index contributed by atoms with van der Waals surface area (Å²) in [6.45, 7) is 8.37. The summed E-state index contributed by atoms with van der Waals surface area (Å²) in [4.78, 5) is 32.9. The zero-order valence-electron chi connectivity index (χ0n) is 15.6. The maximum absolute atomic E-state index is 13.0. The van der Waals surface area contributed by atoms with Gasteiger partial charge in [0.15, 0.2) is 5.69 Å². The molecule has 26 heavy (non-hydrogen) atoms. The minimum atomic E-state index is -0.314. The third kappa shape index (κ3) is 3.66. The van der Waals surface area contributed by atoms with Crippen LogP contribution in [0.2, 0.25) is 0 Å². The third-order valence-corrected chi connectivity index (χ3v) is 4.51. The fourth-order valence-corrected chi connectivity index (χ4v) is 3.22. The Morgan fingerprint density at radius 2 is 1.85 bits per heavy atom. The number of hydrogen-bond acceptors (Lipinski definition) is 4. The number of nitrogens with zero attached hydrogens (tertiary/aromatic N) is 4. The Hall–Kier alpha value is -2.57. The number of imidazole rings is 1. The highest BCUT2D eigenvalue weighted by molar-refractivity contribution is 5.99. The minimum absolute atomic E-state index is 0.0767. The zero-order valence-corrected chi connectivity index (χ0v) is 15.6. The van der Waals surface area contributed by atoms with E-state index in [0.717, 1.165) is 17.8 Å². The van der Waals surface area contributed by atoms with Gasteiger partial charge >= 0.3 is 6.09 Å². The molecule has 2 aromatic heterocycles. The van der Waals surface area contributed by atoms with Gasteiger partial charge in [-0.05, 0) is 25.0 Å². The number of piperazine rings is 1. The van der Waals surface area contributed by atoms with Crippen LogP contribution in [0.15, 0.2) is 24.4 Å². The molecule has 0 unspecified atom stereocenters. The molecule has 0 radical (unpaired) electrons. The van der Waals surface area contributed by atoms with Crippen LogP contribution >= 0.6 is 0 Å². The monoisotopic (exact) mass is 358 g/mol. The van der Waals surface area contributed by atoms with Crippen LogP contribution in [0.4, 0.5) is 4.79 Å². The SMILES string of the molecule is CCOC(=O)N1CCN(C(=O)c2nc(CC(C)C)n3ccccc23)CC1. The van der Waals surface area contributed by atoms with Crippen molar-refractivity contribution in [3.63, 3.8) is 0 Å². The summed E-state index contributed by atoms with van der Waals surface area (Å²) in [5.74, 6) is 1.29. The first-order valence-electron chi connectivity index (χ1n) is 9.18. The minimum Gasteiger partial charge on any atom is -0.450 e. The third-order valence-electron chi connectivity index (χ3n) is 4.51. The number of aromatic nitrogens is 2. The Bertz CT molecular complexity index is 791. The molecular formula is C19H26N4O3. The maximum atomic E-state index is 13.0. The van der Waals surface area contributed by atoms with Crippen molar-refractivity contribution in [3.8, 4) is 0 Å². The van der Waals surface area contributed by atoms with E-state index in [1.54, 1.807) is 16.7 Å². The summed E-state index contributed by atoms with van der Waals surface area (Å²) in [7, 11) is 0. The second kappa shape index (κ2) is 7.76. The molecule has 2 amide bonds. The molecule has 1 fully saturated rings. The lowest BCUT2D eigenvalue weighted by molar-refractivity contribution is 0.0568. The average Bonchev–Trinajstić information content (AvgIpc) is 2.99. The molecule has 0 aliphatic carbocycles. The molecule has 3 heterocycles. The molecule has 0 atom stereocenters. The van der Waals surface area contributed by atoms with E-state index in [1.165, 1.54) is 0 Å². The van der Waals surface area contributed by atoms with Gasteiger partial charge < -0.3 is 18.9 Å². The van der Waals surface area contributed by atoms with Crippen LogP contribution in [0, 0.1) is 5.92 Å². The van der Waals surface area contributed by atoms with E-state index in [9.17, 15) is 9.59 Å². The van der Waals surface area contributed by atoms with E-state index < -0.39 is 0 Å². The van der Waals surface area contributed by atoms with Crippen molar-refractivity contribution in [2.45, 2.75) is 27.2 Å². The Balaban J connectivity index is 1.77. The Kier molecular flexibility index (Phi) is 5.44. The van der Waals surface area contributed by atoms with E-state index in [1.807, 2.05) is 28.8 Å². The largest absolute Gasteiger partial charge is 0.450 e. The topological polar surface area (TPSA) is 67.2 Å². The molecule has 7 nitrogen and oxygen atoms in total. The highest BCUT2D eigenvalue weighted by Crippen LogP contribution is 2.18. The zero-order chi connectivity index (χ0) is 18.7. The number of hydrogen-bond donors (Lipinski definition) is 0. The second-order valence-corrected chi connectivity index (χ2v) is 6.91. The van der Waals surface area contributed by atoms with Crippen molar-refractivity contribution in [1.82, 2.24) is 19.2 Å². The molecule has 0 bridgehead atoms. The first kappa shape index (κ1) is 18.2. The lowest BCUT2D eigenvalue weighted by Gasteiger charge is -2.33. The van der Waals surface area contributed by atoms with Crippen LogP contribution in [0.1, 0.15) is 37.1 Å². The molecule has 1 saturated heterocycles. The molecule has 0 spiro atoms. The van der Waals surface area contributed by atoms with Gasteiger partial charge in [0.2, 0.25) is 0 Å². The first-order valence-corrected chi connectivity index (χ1v) is 9.18. The summed E-state index contributed by atoms with van der Waals surface area (Å²) >= 11 is 0. The fraction of sp³-hybridized carbons (Fsp3) is 0.526. The van der Waals surface area contributed by atoms with E-state index in [0.29, 0.717) is 44.4 Å². The summed E-state index contributed by atoms with van der Waals surface area (Å²) in [5.41, 5.74) is 1.33. The van der Waals surface area contributed by atoms with Crippen LogP contribution in [0.3, 0.4) is 0 Å². The fourth-order valence-electron chi connectivity index (χ4n) is 3.22. The Morgan fingerprint density at radius 3 is 2.50 bits per heavy atom. The number of rotatable bonds is 4. The molecule has 0 aromatic carbocycles. The molecular weight excluding hydrogens is 332 g/mol. The number of fused-ring (bicyclic) bond motifs is 1. The Labute approximate surface area is 153 Å². The molecule has 2 aromatic rings. The summed E-state index contributed by atoms with van der Waals surface area (Å²) < 4.78 is 7.03. The van der Waals surface area contributed by atoms with Gasteiger partial charge in [0.25, 0.3) is 5.91 Å². The van der Waals surface area contributed by atoms with Crippen molar-refractivity contribution in [2.75, 3.05) is 32.8 Å². The molecule has 7 heteroatoms. The lowest BCUT2D eigenvalue weighted by Crippen LogP contribution is -2.50. The van der Waals surface area contributed by atoms with E-state index in [2.05, 4.69) is 18.8 Å². The van der Waals surface area contributed by atoms with E-state index >= 15 is 0 Å². The predicted molar refractivity (Wildman–Crippen MR) is 98.2 cm³/mol. The lowest BCUT2D eigenvalue weighted by atomic mass is 10.1. The summed E-state index contributed by atoms with van der Waals surface area (Å²) in [5, 5.41) is 0. The smallest absolute Gasteiger partial charge is 0.409 e. The van der Waals surface area contributed by atoms with Gasteiger partial charge in [-0.1, -0.05) is 19.9 Å². The van der Waals surface area contributed by atoms with Crippen LogP contribution in [0.25, 0.3) is 5.52 Å².